The average molecular weight is 407 g/mol. The number of nitrogens with one attached hydrogen (secondary N) is 1. The molecule has 0 spiro atoms. The molecule has 5 rings (SSSR count). The maximum absolute atomic E-state index is 6.09. The fraction of sp³-hybridized carbons (Fsp3) is 0.545. The van der Waals surface area contributed by atoms with Gasteiger partial charge in [-0.1, -0.05) is 12.8 Å². The summed E-state index contributed by atoms with van der Waals surface area (Å²) in [6, 6.07) is 5.13. The molecule has 158 valence electrons. The highest BCUT2D eigenvalue weighted by molar-refractivity contribution is 5.87. The summed E-state index contributed by atoms with van der Waals surface area (Å²) < 4.78 is 2.26. The van der Waals surface area contributed by atoms with E-state index in [9.17, 15) is 0 Å². The highest BCUT2D eigenvalue weighted by Gasteiger charge is 2.25. The van der Waals surface area contributed by atoms with Crippen molar-refractivity contribution in [2.75, 3.05) is 17.3 Å². The van der Waals surface area contributed by atoms with Gasteiger partial charge in [0.25, 0.3) is 0 Å². The topological polar surface area (TPSA) is 97.8 Å². The van der Waals surface area contributed by atoms with Gasteiger partial charge in [-0.2, -0.15) is 9.97 Å². The van der Waals surface area contributed by atoms with Gasteiger partial charge in [-0.3, -0.25) is 4.98 Å². The number of rotatable bonds is 5. The zero-order valence-corrected chi connectivity index (χ0v) is 17.5. The molecule has 3 N–H and O–H groups in total. The van der Waals surface area contributed by atoms with Gasteiger partial charge in [0.05, 0.1) is 6.33 Å². The number of pyridine rings is 1. The van der Waals surface area contributed by atoms with Gasteiger partial charge in [-0.25, -0.2) is 4.98 Å². The molecular formula is C22H30N8. The van der Waals surface area contributed by atoms with Gasteiger partial charge >= 0.3 is 0 Å². The average Bonchev–Trinajstić information content (AvgIpc) is 3.45. The molecule has 3 heterocycles. The lowest BCUT2D eigenvalue weighted by Crippen LogP contribution is -2.33. The largest absolute Gasteiger partial charge is 0.351 e. The van der Waals surface area contributed by atoms with E-state index in [-0.39, 0.29) is 0 Å². The van der Waals surface area contributed by atoms with Gasteiger partial charge in [0.1, 0.15) is 0 Å². The lowest BCUT2D eigenvalue weighted by molar-refractivity contribution is 0.410. The summed E-state index contributed by atoms with van der Waals surface area (Å²) in [6.45, 7) is 0. The second-order valence-electron chi connectivity index (χ2n) is 8.65. The molecule has 0 aliphatic heterocycles. The number of hydrogen-bond acceptors (Lipinski definition) is 7. The standard InChI is InChI=1S/C22H30N8/c1-29(17-10-12-24-13-11-17)20-19-21(30(14-25-19)18-4-2-3-5-18)28-22(27-20)26-16-8-6-15(23)7-9-16/h10-16,18H,2-9,23H2,1H3,(H,26,27,28)/t15-,16-. The smallest absolute Gasteiger partial charge is 0.227 e. The molecule has 3 aromatic rings. The Bertz CT molecular complexity index is 987. The fourth-order valence-corrected chi connectivity index (χ4v) is 4.79. The molecule has 2 aliphatic rings. The van der Waals surface area contributed by atoms with Crippen LogP contribution >= 0.6 is 0 Å². The molecule has 0 atom stereocenters. The third kappa shape index (κ3) is 3.71. The van der Waals surface area contributed by atoms with Crippen LogP contribution in [-0.4, -0.2) is 43.6 Å². The first-order valence-electron chi connectivity index (χ1n) is 11.1. The molecule has 0 amide bonds. The lowest BCUT2D eigenvalue weighted by Gasteiger charge is -2.27. The normalized spacial score (nSPS) is 22.5. The molecule has 0 unspecified atom stereocenters. The van der Waals surface area contributed by atoms with Crippen LogP contribution in [-0.2, 0) is 0 Å². The minimum absolute atomic E-state index is 0.323. The van der Waals surface area contributed by atoms with Crippen molar-refractivity contribution in [3.63, 3.8) is 0 Å². The number of anilines is 3. The molecule has 0 aromatic carbocycles. The van der Waals surface area contributed by atoms with Gasteiger partial charge in [0, 0.05) is 43.3 Å². The SMILES string of the molecule is CN(c1ccncc1)c1nc(N[C@H]2CC[C@H](N)CC2)nc2c1ncn2C1CCCC1. The predicted molar refractivity (Wildman–Crippen MR) is 119 cm³/mol. The van der Waals surface area contributed by atoms with Crippen LogP contribution in [0.2, 0.25) is 0 Å². The summed E-state index contributed by atoms with van der Waals surface area (Å²) in [4.78, 5) is 20.8. The Hall–Kier alpha value is -2.74. The number of aromatic nitrogens is 5. The summed E-state index contributed by atoms with van der Waals surface area (Å²) in [5.74, 6) is 1.50. The van der Waals surface area contributed by atoms with Crippen LogP contribution in [0.25, 0.3) is 11.2 Å². The molecule has 0 bridgehead atoms. The van der Waals surface area contributed by atoms with Gasteiger partial charge < -0.3 is 20.5 Å². The highest BCUT2D eigenvalue weighted by atomic mass is 15.3. The lowest BCUT2D eigenvalue weighted by atomic mass is 9.92. The second-order valence-corrected chi connectivity index (χ2v) is 8.65. The van der Waals surface area contributed by atoms with Gasteiger partial charge in [0.15, 0.2) is 17.0 Å². The van der Waals surface area contributed by atoms with Gasteiger partial charge in [-0.15, -0.1) is 0 Å². The van der Waals surface area contributed by atoms with E-state index in [1.165, 1.54) is 25.7 Å². The minimum Gasteiger partial charge on any atom is -0.351 e. The first-order valence-corrected chi connectivity index (χ1v) is 11.1. The van der Waals surface area contributed by atoms with E-state index in [0.29, 0.717) is 24.1 Å². The Kier molecular flexibility index (Phi) is 5.25. The van der Waals surface area contributed by atoms with Crippen molar-refractivity contribution < 1.29 is 0 Å². The van der Waals surface area contributed by atoms with Crippen molar-refractivity contribution in [2.24, 2.45) is 5.73 Å². The summed E-state index contributed by atoms with van der Waals surface area (Å²) in [5, 5.41) is 3.59. The Morgan fingerprint density at radius 1 is 1.03 bits per heavy atom. The van der Waals surface area contributed by atoms with Crippen LogP contribution in [0.4, 0.5) is 17.5 Å². The van der Waals surface area contributed by atoms with Crippen LogP contribution < -0.4 is 16.0 Å². The summed E-state index contributed by atoms with van der Waals surface area (Å²) in [6.07, 6.45) is 14.7. The van der Waals surface area contributed by atoms with E-state index >= 15 is 0 Å². The molecule has 2 fully saturated rings. The molecule has 2 aliphatic carbocycles. The Morgan fingerprint density at radius 3 is 2.50 bits per heavy atom. The molecule has 8 nitrogen and oxygen atoms in total. The summed E-state index contributed by atoms with van der Waals surface area (Å²) in [7, 11) is 2.02. The highest BCUT2D eigenvalue weighted by Crippen LogP contribution is 2.35. The number of fused-ring (bicyclic) bond motifs is 1. The summed E-state index contributed by atoms with van der Waals surface area (Å²) >= 11 is 0. The second kappa shape index (κ2) is 8.18. The summed E-state index contributed by atoms with van der Waals surface area (Å²) in [5.41, 5.74) is 8.87. The molecule has 3 aromatic heterocycles. The zero-order chi connectivity index (χ0) is 20.5. The predicted octanol–water partition coefficient (Wildman–Crippen LogP) is 3.79. The van der Waals surface area contributed by atoms with Crippen LogP contribution in [0.15, 0.2) is 30.9 Å². The van der Waals surface area contributed by atoms with Crippen molar-refractivity contribution >= 4 is 28.6 Å². The fourth-order valence-electron chi connectivity index (χ4n) is 4.79. The molecule has 30 heavy (non-hydrogen) atoms. The van der Waals surface area contributed by atoms with E-state index in [1.807, 2.05) is 25.5 Å². The number of nitrogens with two attached hydrogens (primary N) is 1. The van der Waals surface area contributed by atoms with Crippen molar-refractivity contribution in [1.29, 1.82) is 0 Å². The molecule has 0 radical (unpaired) electrons. The maximum atomic E-state index is 6.09. The molecule has 2 saturated carbocycles. The number of nitrogens with zero attached hydrogens (tertiary/aromatic N) is 6. The van der Waals surface area contributed by atoms with Crippen LogP contribution in [0.1, 0.15) is 57.4 Å². The Labute approximate surface area is 176 Å². The van der Waals surface area contributed by atoms with Crippen molar-refractivity contribution in [3.8, 4) is 0 Å². The van der Waals surface area contributed by atoms with Crippen LogP contribution in [0.3, 0.4) is 0 Å². The van der Waals surface area contributed by atoms with E-state index in [0.717, 1.165) is 48.4 Å². The monoisotopic (exact) mass is 406 g/mol. The quantitative estimate of drug-likeness (QED) is 0.665. The van der Waals surface area contributed by atoms with Gasteiger partial charge in [-0.05, 0) is 50.7 Å². The van der Waals surface area contributed by atoms with Crippen molar-refractivity contribution in [3.05, 3.63) is 30.9 Å². The van der Waals surface area contributed by atoms with E-state index in [4.69, 9.17) is 20.7 Å². The molecular weight excluding hydrogens is 376 g/mol. The van der Waals surface area contributed by atoms with E-state index < -0.39 is 0 Å². The number of imidazole rings is 1. The first kappa shape index (κ1) is 19.2. The first-order chi connectivity index (χ1) is 14.7. The third-order valence-electron chi connectivity index (χ3n) is 6.59. The van der Waals surface area contributed by atoms with Crippen LogP contribution in [0.5, 0.6) is 0 Å². The third-order valence-corrected chi connectivity index (χ3v) is 6.59. The van der Waals surface area contributed by atoms with Crippen molar-refractivity contribution in [2.45, 2.75) is 69.5 Å². The molecule has 0 saturated heterocycles. The number of hydrogen-bond donors (Lipinski definition) is 2. The maximum Gasteiger partial charge on any atom is 0.227 e. The van der Waals surface area contributed by atoms with E-state index in [2.05, 4.69) is 19.8 Å². The van der Waals surface area contributed by atoms with Crippen molar-refractivity contribution in [1.82, 2.24) is 24.5 Å². The Morgan fingerprint density at radius 2 is 1.77 bits per heavy atom. The molecule has 8 heteroatoms. The van der Waals surface area contributed by atoms with E-state index in [1.54, 1.807) is 12.4 Å². The van der Waals surface area contributed by atoms with Crippen LogP contribution in [0, 0.1) is 0 Å². The zero-order valence-electron chi connectivity index (χ0n) is 17.5. The minimum atomic E-state index is 0.323. The van der Waals surface area contributed by atoms with Gasteiger partial charge in [0.2, 0.25) is 5.95 Å². The Balaban J connectivity index is 1.55.